The molecular weight excluding hydrogens is 299 g/mol. The summed E-state index contributed by atoms with van der Waals surface area (Å²) < 4.78 is 29.9. The molecule has 20 heavy (non-hydrogen) atoms. The van der Waals surface area contributed by atoms with Gasteiger partial charge in [-0.25, -0.2) is 0 Å². The molecule has 0 saturated heterocycles. The maximum atomic E-state index is 13.9. The van der Waals surface area contributed by atoms with Gasteiger partial charge in [-0.05, 0) is 31.5 Å². The predicted octanol–water partition coefficient (Wildman–Crippen LogP) is 2.63. The molecule has 5 nitrogen and oxygen atoms in total. The Morgan fingerprint density at radius 2 is 1.70 bits per heavy atom. The standard InChI is InChI=1S/C12H27FN2O3SSi/c1-5-6-8-11(15(13)12(14)19)9-7-10-20(16-2,17-3)18-4/h11H,5-10H2,1-4H3,(H2,14,19). The molecule has 0 saturated carbocycles. The molecule has 0 aliphatic heterocycles. The maximum Gasteiger partial charge on any atom is 0.500 e. The van der Waals surface area contributed by atoms with E-state index in [0.29, 0.717) is 17.6 Å². The first-order valence-electron chi connectivity index (χ1n) is 6.86. The summed E-state index contributed by atoms with van der Waals surface area (Å²) in [7, 11) is 2.14. The largest absolute Gasteiger partial charge is 0.500 e. The molecule has 0 amide bonds. The molecule has 0 bridgehead atoms. The van der Waals surface area contributed by atoms with Crippen LogP contribution in [0.4, 0.5) is 4.48 Å². The lowest BCUT2D eigenvalue weighted by molar-refractivity contribution is 0.0551. The van der Waals surface area contributed by atoms with Crippen molar-refractivity contribution in [3.63, 3.8) is 0 Å². The summed E-state index contributed by atoms with van der Waals surface area (Å²) in [5.74, 6) is 0. The van der Waals surface area contributed by atoms with E-state index < -0.39 is 8.80 Å². The number of rotatable bonds is 11. The highest BCUT2D eigenvalue weighted by Gasteiger charge is 2.37. The van der Waals surface area contributed by atoms with Gasteiger partial charge < -0.3 is 19.0 Å². The van der Waals surface area contributed by atoms with Crippen LogP contribution in [0.2, 0.25) is 6.04 Å². The SMILES string of the molecule is CCCCC(CCC[Si](OC)(OC)OC)N(F)C(N)=S. The van der Waals surface area contributed by atoms with Gasteiger partial charge in [0.25, 0.3) is 0 Å². The Balaban J connectivity index is 4.41. The first-order chi connectivity index (χ1) is 9.46. The van der Waals surface area contributed by atoms with Crippen LogP contribution in [0.3, 0.4) is 0 Å². The van der Waals surface area contributed by atoms with E-state index in [9.17, 15) is 4.48 Å². The lowest BCUT2D eigenvalue weighted by Crippen LogP contribution is -2.43. The van der Waals surface area contributed by atoms with Gasteiger partial charge in [-0.1, -0.05) is 24.2 Å². The second-order valence-corrected chi connectivity index (χ2v) is 8.14. The van der Waals surface area contributed by atoms with Crippen molar-refractivity contribution in [2.75, 3.05) is 21.3 Å². The molecule has 1 atom stereocenters. The Kier molecular flexibility index (Phi) is 10.3. The zero-order valence-corrected chi connectivity index (χ0v) is 14.7. The minimum absolute atomic E-state index is 0.208. The summed E-state index contributed by atoms with van der Waals surface area (Å²) in [4.78, 5) is 0. The van der Waals surface area contributed by atoms with Gasteiger partial charge in [0.15, 0.2) is 5.11 Å². The van der Waals surface area contributed by atoms with Crippen molar-refractivity contribution >= 4 is 26.1 Å². The van der Waals surface area contributed by atoms with Gasteiger partial charge in [0.05, 0.1) is 6.04 Å². The first-order valence-corrected chi connectivity index (χ1v) is 9.20. The highest BCUT2D eigenvalue weighted by molar-refractivity contribution is 7.80. The topological polar surface area (TPSA) is 57.0 Å². The minimum atomic E-state index is -2.58. The molecule has 0 spiro atoms. The fourth-order valence-electron chi connectivity index (χ4n) is 2.10. The van der Waals surface area contributed by atoms with Crippen LogP contribution < -0.4 is 5.73 Å². The average Bonchev–Trinajstić information content (AvgIpc) is 2.46. The smallest absolute Gasteiger partial charge is 0.377 e. The van der Waals surface area contributed by atoms with Crippen LogP contribution in [-0.4, -0.2) is 46.4 Å². The fraction of sp³-hybridized carbons (Fsp3) is 0.917. The Hall–Kier alpha value is -0.283. The van der Waals surface area contributed by atoms with Crippen molar-refractivity contribution in [1.29, 1.82) is 0 Å². The molecule has 0 rings (SSSR count). The molecule has 0 radical (unpaired) electrons. The zero-order valence-electron chi connectivity index (χ0n) is 12.9. The number of unbranched alkanes of at least 4 members (excludes halogenated alkanes) is 1. The van der Waals surface area contributed by atoms with Gasteiger partial charge in [0, 0.05) is 27.4 Å². The van der Waals surface area contributed by atoms with Crippen LogP contribution in [0, 0.1) is 0 Å². The van der Waals surface area contributed by atoms with Crippen LogP contribution >= 0.6 is 12.2 Å². The Bertz CT molecular complexity index is 275. The number of hydrogen-bond donors (Lipinski definition) is 1. The van der Waals surface area contributed by atoms with Crippen LogP contribution in [0.5, 0.6) is 0 Å². The molecule has 2 N–H and O–H groups in total. The quantitative estimate of drug-likeness (QED) is 0.358. The van der Waals surface area contributed by atoms with E-state index in [2.05, 4.69) is 6.92 Å². The second kappa shape index (κ2) is 10.4. The van der Waals surface area contributed by atoms with Gasteiger partial charge in [0.2, 0.25) is 0 Å². The van der Waals surface area contributed by atoms with E-state index in [1.807, 2.05) is 0 Å². The van der Waals surface area contributed by atoms with Gasteiger partial charge >= 0.3 is 8.80 Å². The van der Waals surface area contributed by atoms with Crippen LogP contribution in [0.15, 0.2) is 0 Å². The normalized spacial score (nSPS) is 13.2. The van der Waals surface area contributed by atoms with Crippen LogP contribution in [0.1, 0.15) is 39.0 Å². The Labute approximate surface area is 127 Å². The Morgan fingerprint density at radius 1 is 1.20 bits per heavy atom. The van der Waals surface area contributed by atoms with E-state index in [-0.39, 0.29) is 11.2 Å². The molecule has 120 valence electrons. The zero-order chi connectivity index (χ0) is 15.6. The summed E-state index contributed by atoms with van der Waals surface area (Å²) >= 11 is 4.70. The second-order valence-electron chi connectivity index (χ2n) is 4.63. The highest BCUT2D eigenvalue weighted by Crippen LogP contribution is 2.21. The van der Waals surface area contributed by atoms with Gasteiger partial charge in [-0.3, -0.25) is 0 Å². The lowest BCUT2D eigenvalue weighted by Gasteiger charge is -2.27. The molecule has 0 aliphatic carbocycles. The van der Waals surface area contributed by atoms with Crippen molar-refractivity contribution in [2.45, 2.75) is 51.1 Å². The molecule has 1 unspecified atom stereocenters. The molecule has 0 aromatic carbocycles. The van der Waals surface area contributed by atoms with Gasteiger partial charge in [-0.2, -0.15) is 5.12 Å². The van der Waals surface area contributed by atoms with Crippen molar-refractivity contribution in [3.8, 4) is 0 Å². The fourth-order valence-corrected chi connectivity index (χ4v) is 4.00. The molecule has 0 fully saturated rings. The summed E-state index contributed by atoms with van der Waals surface area (Å²) in [5, 5.41) is 0.292. The number of thiocarbonyl (C=S) groups is 1. The number of nitrogens with two attached hydrogens (primary N) is 1. The van der Waals surface area contributed by atoms with Crippen molar-refractivity contribution in [2.24, 2.45) is 5.73 Å². The van der Waals surface area contributed by atoms with Crippen molar-refractivity contribution < 1.29 is 17.8 Å². The summed E-state index contributed by atoms with van der Waals surface area (Å²) in [6.45, 7) is 2.07. The van der Waals surface area contributed by atoms with Crippen LogP contribution in [0.25, 0.3) is 0 Å². The van der Waals surface area contributed by atoms with E-state index in [1.54, 1.807) is 21.3 Å². The van der Waals surface area contributed by atoms with E-state index in [4.69, 9.17) is 31.2 Å². The van der Waals surface area contributed by atoms with Crippen molar-refractivity contribution in [3.05, 3.63) is 0 Å². The number of nitrogens with zero attached hydrogens (tertiary/aromatic N) is 1. The molecule has 0 aliphatic rings. The number of hydrogen-bond acceptors (Lipinski definition) is 4. The van der Waals surface area contributed by atoms with Gasteiger partial charge in [-0.15, -0.1) is 0 Å². The number of halogens is 1. The summed E-state index contributed by atoms with van der Waals surface area (Å²) in [5.41, 5.74) is 5.36. The van der Waals surface area contributed by atoms with E-state index in [1.165, 1.54) is 0 Å². The summed E-state index contributed by atoms with van der Waals surface area (Å²) in [6.07, 6.45) is 4.05. The molecule has 0 aromatic rings. The third kappa shape index (κ3) is 6.44. The molecule has 8 heteroatoms. The minimum Gasteiger partial charge on any atom is -0.377 e. The average molecular weight is 327 g/mol. The lowest BCUT2D eigenvalue weighted by atomic mass is 10.1. The molecule has 0 heterocycles. The third-order valence-corrected chi connectivity index (χ3v) is 6.38. The maximum absolute atomic E-state index is 13.9. The predicted molar refractivity (Wildman–Crippen MR) is 83.9 cm³/mol. The molecular formula is C12H27FN2O3SSi. The third-order valence-electron chi connectivity index (χ3n) is 3.38. The van der Waals surface area contributed by atoms with E-state index >= 15 is 0 Å². The van der Waals surface area contributed by atoms with Gasteiger partial charge in [0.1, 0.15) is 0 Å². The van der Waals surface area contributed by atoms with Crippen molar-refractivity contribution in [1.82, 2.24) is 5.12 Å². The highest BCUT2D eigenvalue weighted by atomic mass is 32.1. The Morgan fingerprint density at radius 3 is 2.10 bits per heavy atom. The van der Waals surface area contributed by atoms with Crippen LogP contribution in [-0.2, 0) is 13.3 Å². The van der Waals surface area contributed by atoms with E-state index in [0.717, 1.165) is 25.7 Å². The monoisotopic (exact) mass is 326 g/mol. The first kappa shape index (κ1) is 19.7. The molecule has 0 aromatic heterocycles. The summed E-state index contributed by atoms with van der Waals surface area (Å²) in [6, 6.07) is 0.356.